The van der Waals surface area contributed by atoms with Crippen LogP contribution in [-0.4, -0.2) is 37.1 Å². The van der Waals surface area contributed by atoms with Crippen LogP contribution in [0.2, 0.25) is 0 Å². The highest BCUT2D eigenvalue weighted by Gasteiger charge is 2.21. The zero-order valence-electron chi connectivity index (χ0n) is 13.9. The third kappa shape index (κ3) is 4.71. The Labute approximate surface area is 146 Å². The number of nitrogens with one attached hydrogen (secondary N) is 1. The average molecular weight is 345 g/mol. The molecule has 1 unspecified atom stereocenters. The molecule has 5 nitrogen and oxygen atoms in total. The minimum absolute atomic E-state index is 0.0619. The summed E-state index contributed by atoms with van der Waals surface area (Å²) in [6.07, 6.45) is 4.12. The van der Waals surface area contributed by atoms with Gasteiger partial charge < -0.3 is 15.0 Å². The van der Waals surface area contributed by atoms with Crippen LogP contribution in [0, 0.1) is 12.8 Å². The van der Waals surface area contributed by atoms with Crippen molar-refractivity contribution in [2.24, 2.45) is 5.92 Å². The van der Waals surface area contributed by atoms with E-state index in [4.69, 9.17) is 4.74 Å². The third-order valence-corrected chi connectivity index (χ3v) is 4.99. The number of rotatable bonds is 6. The first-order valence-electron chi connectivity index (χ1n) is 8.31. The summed E-state index contributed by atoms with van der Waals surface area (Å²) in [6, 6.07) is 7.73. The highest BCUT2D eigenvalue weighted by molar-refractivity contribution is 7.13. The SMILES string of the molecule is Cc1cccc(OCC(=O)NCC2CCCN(c3nccs3)C2)c1. The molecule has 1 N–H and O–H groups in total. The lowest BCUT2D eigenvalue weighted by Crippen LogP contribution is -2.41. The number of aromatic nitrogens is 1. The molecule has 0 aliphatic carbocycles. The van der Waals surface area contributed by atoms with Crippen LogP contribution in [0.25, 0.3) is 0 Å². The summed E-state index contributed by atoms with van der Waals surface area (Å²) in [5, 5.41) is 6.08. The number of piperidine rings is 1. The van der Waals surface area contributed by atoms with Gasteiger partial charge in [0.1, 0.15) is 5.75 Å². The van der Waals surface area contributed by atoms with Gasteiger partial charge in [-0.15, -0.1) is 11.3 Å². The second-order valence-electron chi connectivity index (χ2n) is 6.18. The second kappa shape index (κ2) is 8.15. The van der Waals surface area contributed by atoms with Crippen molar-refractivity contribution < 1.29 is 9.53 Å². The fraction of sp³-hybridized carbons (Fsp3) is 0.444. The van der Waals surface area contributed by atoms with E-state index in [0.717, 1.165) is 42.4 Å². The Morgan fingerprint density at radius 1 is 1.50 bits per heavy atom. The Bertz CT molecular complexity index is 660. The summed E-state index contributed by atoms with van der Waals surface area (Å²) in [4.78, 5) is 18.7. The Kier molecular flexibility index (Phi) is 5.69. The van der Waals surface area contributed by atoms with Crippen molar-refractivity contribution in [1.82, 2.24) is 10.3 Å². The van der Waals surface area contributed by atoms with E-state index in [1.165, 1.54) is 0 Å². The summed E-state index contributed by atoms with van der Waals surface area (Å²) < 4.78 is 5.54. The highest BCUT2D eigenvalue weighted by Crippen LogP contribution is 2.24. The molecule has 0 bridgehead atoms. The van der Waals surface area contributed by atoms with E-state index in [-0.39, 0.29) is 12.5 Å². The summed E-state index contributed by atoms with van der Waals surface area (Å²) in [5.74, 6) is 1.13. The Morgan fingerprint density at radius 3 is 3.21 bits per heavy atom. The number of ether oxygens (including phenoxy) is 1. The minimum Gasteiger partial charge on any atom is -0.484 e. The number of carbonyl (C=O) groups excluding carboxylic acids is 1. The van der Waals surface area contributed by atoms with Gasteiger partial charge in [-0.05, 0) is 43.4 Å². The van der Waals surface area contributed by atoms with Crippen molar-refractivity contribution in [3.05, 3.63) is 41.4 Å². The molecular weight excluding hydrogens is 322 g/mol. The van der Waals surface area contributed by atoms with Crippen LogP contribution in [0.4, 0.5) is 5.13 Å². The largest absolute Gasteiger partial charge is 0.484 e. The van der Waals surface area contributed by atoms with Crippen molar-refractivity contribution in [2.75, 3.05) is 31.1 Å². The van der Waals surface area contributed by atoms with Gasteiger partial charge in [-0.1, -0.05) is 12.1 Å². The summed E-state index contributed by atoms with van der Waals surface area (Å²) >= 11 is 1.67. The van der Waals surface area contributed by atoms with Gasteiger partial charge in [0.2, 0.25) is 0 Å². The maximum atomic E-state index is 12.0. The zero-order valence-corrected chi connectivity index (χ0v) is 14.7. The lowest BCUT2D eigenvalue weighted by Gasteiger charge is -2.32. The van der Waals surface area contributed by atoms with E-state index in [2.05, 4.69) is 15.2 Å². The van der Waals surface area contributed by atoms with E-state index in [9.17, 15) is 4.79 Å². The predicted molar refractivity (Wildman–Crippen MR) is 96.7 cm³/mol. The molecule has 3 rings (SSSR count). The van der Waals surface area contributed by atoms with Crippen LogP contribution < -0.4 is 15.0 Å². The molecule has 1 fully saturated rings. The van der Waals surface area contributed by atoms with E-state index in [1.54, 1.807) is 11.3 Å². The lowest BCUT2D eigenvalue weighted by molar-refractivity contribution is -0.123. The average Bonchev–Trinajstić information content (AvgIpc) is 3.13. The van der Waals surface area contributed by atoms with Gasteiger partial charge in [0, 0.05) is 31.2 Å². The van der Waals surface area contributed by atoms with Gasteiger partial charge in [0.25, 0.3) is 5.91 Å². The fourth-order valence-corrected chi connectivity index (χ4v) is 3.62. The highest BCUT2D eigenvalue weighted by atomic mass is 32.1. The van der Waals surface area contributed by atoms with E-state index in [1.807, 2.05) is 42.8 Å². The molecule has 6 heteroatoms. The number of anilines is 1. The molecule has 128 valence electrons. The van der Waals surface area contributed by atoms with Crippen LogP contribution in [0.3, 0.4) is 0 Å². The number of benzene rings is 1. The van der Waals surface area contributed by atoms with Gasteiger partial charge in [-0.3, -0.25) is 4.79 Å². The lowest BCUT2D eigenvalue weighted by atomic mass is 9.98. The fourth-order valence-electron chi connectivity index (χ4n) is 2.94. The van der Waals surface area contributed by atoms with Crippen LogP contribution in [0.15, 0.2) is 35.8 Å². The summed E-state index contributed by atoms with van der Waals surface area (Å²) in [5.41, 5.74) is 1.12. The van der Waals surface area contributed by atoms with Crippen LogP contribution in [0.5, 0.6) is 5.75 Å². The molecule has 1 aliphatic rings. The number of aryl methyl sites for hydroxylation is 1. The molecular formula is C18H23N3O2S. The van der Waals surface area contributed by atoms with Crippen molar-refractivity contribution in [3.63, 3.8) is 0 Å². The van der Waals surface area contributed by atoms with Crippen LogP contribution >= 0.6 is 11.3 Å². The number of hydrogen-bond acceptors (Lipinski definition) is 5. The van der Waals surface area contributed by atoms with Gasteiger partial charge in [-0.2, -0.15) is 0 Å². The zero-order chi connectivity index (χ0) is 16.8. The Balaban J connectivity index is 1.41. The molecule has 1 atom stereocenters. The van der Waals surface area contributed by atoms with E-state index >= 15 is 0 Å². The Hall–Kier alpha value is -2.08. The quantitative estimate of drug-likeness (QED) is 0.875. The monoisotopic (exact) mass is 345 g/mol. The minimum atomic E-state index is -0.0668. The number of nitrogens with zero attached hydrogens (tertiary/aromatic N) is 2. The van der Waals surface area contributed by atoms with Gasteiger partial charge >= 0.3 is 0 Å². The summed E-state index contributed by atoms with van der Waals surface area (Å²) in [7, 11) is 0. The maximum absolute atomic E-state index is 12.0. The molecule has 1 amide bonds. The molecule has 1 aliphatic heterocycles. The topological polar surface area (TPSA) is 54.5 Å². The van der Waals surface area contributed by atoms with Gasteiger partial charge in [0.15, 0.2) is 11.7 Å². The van der Waals surface area contributed by atoms with Gasteiger partial charge in [-0.25, -0.2) is 4.98 Å². The normalized spacial score (nSPS) is 17.5. The third-order valence-electron chi connectivity index (χ3n) is 4.16. The molecule has 1 aromatic heterocycles. The van der Waals surface area contributed by atoms with E-state index < -0.39 is 0 Å². The molecule has 1 aromatic carbocycles. The standard InChI is InChI=1S/C18H23N3O2S/c1-14-4-2-6-16(10-14)23-13-17(22)20-11-15-5-3-8-21(12-15)18-19-7-9-24-18/h2,4,6-7,9-10,15H,3,5,8,11-13H2,1H3,(H,20,22). The van der Waals surface area contributed by atoms with E-state index in [0.29, 0.717) is 12.5 Å². The van der Waals surface area contributed by atoms with Crippen molar-refractivity contribution >= 4 is 22.4 Å². The molecule has 1 saturated heterocycles. The first-order chi connectivity index (χ1) is 11.7. The number of hydrogen-bond donors (Lipinski definition) is 1. The molecule has 0 spiro atoms. The molecule has 2 aromatic rings. The number of thiazole rings is 1. The predicted octanol–water partition coefficient (Wildman–Crippen LogP) is 2.86. The summed E-state index contributed by atoms with van der Waals surface area (Å²) in [6.45, 7) is 4.76. The van der Waals surface area contributed by atoms with Crippen molar-refractivity contribution in [1.29, 1.82) is 0 Å². The van der Waals surface area contributed by atoms with Crippen molar-refractivity contribution in [3.8, 4) is 5.75 Å². The first kappa shape index (κ1) is 16.8. The Morgan fingerprint density at radius 2 is 2.42 bits per heavy atom. The molecule has 0 saturated carbocycles. The maximum Gasteiger partial charge on any atom is 0.257 e. The van der Waals surface area contributed by atoms with Gasteiger partial charge in [0.05, 0.1) is 0 Å². The van der Waals surface area contributed by atoms with Crippen LogP contribution in [-0.2, 0) is 4.79 Å². The molecule has 2 heterocycles. The van der Waals surface area contributed by atoms with Crippen molar-refractivity contribution in [2.45, 2.75) is 19.8 Å². The first-order valence-corrected chi connectivity index (χ1v) is 9.19. The second-order valence-corrected chi connectivity index (χ2v) is 7.05. The number of carbonyl (C=O) groups is 1. The number of amides is 1. The van der Waals surface area contributed by atoms with Crippen LogP contribution in [0.1, 0.15) is 18.4 Å². The molecule has 24 heavy (non-hydrogen) atoms. The molecule has 0 radical (unpaired) electrons. The smallest absolute Gasteiger partial charge is 0.257 e.